The number of hydrogen-bond acceptors (Lipinski definition) is 1. The van der Waals surface area contributed by atoms with E-state index in [1.165, 1.54) is 64.2 Å². The monoisotopic (exact) mass is 266 g/mol. The third kappa shape index (κ3) is 5.10. The van der Waals surface area contributed by atoms with Gasteiger partial charge in [0.25, 0.3) is 0 Å². The molecule has 0 aromatic carbocycles. The maximum atomic E-state index is 6.06. The molecule has 0 aliphatic heterocycles. The summed E-state index contributed by atoms with van der Waals surface area (Å²) in [6.45, 7) is 6.81. The van der Waals surface area contributed by atoms with Gasteiger partial charge in [0.05, 0.1) is 0 Å². The lowest BCUT2D eigenvalue weighted by Crippen LogP contribution is -2.24. The van der Waals surface area contributed by atoms with Crippen molar-refractivity contribution in [2.45, 2.75) is 78.1 Å². The van der Waals surface area contributed by atoms with Crippen molar-refractivity contribution < 1.29 is 4.74 Å². The topological polar surface area (TPSA) is 9.23 Å². The van der Waals surface area contributed by atoms with Gasteiger partial charge in [0, 0.05) is 13.2 Å². The predicted octanol–water partition coefficient (Wildman–Crippen LogP) is 5.44. The van der Waals surface area contributed by atoms with Crippen molar-refractivity contribution in [2.75, 3.05) is 13.2 Å². The van der Waals surface area contributed by atoms with Crippen LogP contribution in [0.2, 0.25) is 0 Å². The lowest BCUT2D eigenvalue weighted by Gasteiger charge is -2.30. The van der Waals surface area contributed by atoms with Crippen LogP contribution in [0.25, 0.3) is 0 Å². The number of ether oxygens (including phenoxy) is 1. The maximum absolute atomic E-state index is 6.06. The molecule has 2 aliphatic carbocycles. The van der Waals surface area contributed by atoms with Crippen LogP contribution < -0.4 is 0 Å². The largest absolute Gasteiger partial charge is 0.381 e. The Kier molecular flexibility index (Phi) is 6.70. The average molecular weight is 266 g/mol. The maximum Gasteiger partial charge on any atom is 0.0494 e. The molecule has 0 bridgehead atoms. The predicted molar refractivity (Wildman–Crippen MR) is 82.3 cm³/mol. The zero-order valence-electron chi connectivity index (χ0n) is 13.2. The summed E-state index contributed by atoms with van der Waals surface area (Å²) in [6.07, 6.45) is 14.5. The van der Waals surface area contributed by atoms with Gasteiger partial charge in [-0.15, -0.1) is 0 Å². The summed E-state index contributed by atoms with van der Waals surface area (Å²) < 4.78 is 6.06. The van der Waals surface area contributed by atoms with Crippen molar-refractivity contribution in [3.63, 3.8) is 0 Å². The quantitative estimate of drug-likeness (QED) is 0.622. The van der Waals surface area contributed by atoms with Crippen molar-refractivity contribution in [2.24, 2.45) is 23.7 Å². The van der Waals surface area contributed by atoms with Gasteiger partial charge in [0.15, 0.2) is 0 Å². The Bertz CT molecular complexity index is 202. The van der Waals surface area contributed by atoms with E-state index in [0.717, 1.165) is 36.9 Å². The molecule has 1 nitrogen and oxygen atoms in total. The summed E-state index contributed by atoms with van der Waals surface area (Å²) in [5.41, 5.74) is 0. The van der Waals surface area contributed by atoms with Crippen LogP contribution in [0.1, 0.15) is 78.1 Å². The second-order valence-corrected chi connectivity index (χ2v) is 7.29. The van der Waals surface area contributed by atoms with Crippen LogP contribution in [0.5, 0.6) is 0 Å². The number of rotatable bonds is 6. The Hall–Kier alpha value is -0.0400. The zero-order chi connectivity index (χ0) is 13.5. The molecule has 0 heterocycles. The van der Waals surface area contributed by atoms with Gasteiger partial charge < -0.3 is 4.74 Å². The van der Waals surface area contributed by atoms with E-state index in [1.807, 2.05) is 0 Å². The van der Waals surface area contributed by atoms with E-state index >= 15 is 0 Å². The van der Waals surface area contributed by atoms with Gasteiger partial charge >= 0.3 is 0 Å². The standard InChI is InChI=1S/C18H34O/c1-15(17-9-5-3-6-10-17)13-19-14-16(2)18-11-7-4-8-12-18/h15-18H,3-14H2,1-2H3. The average Bonchev–Trinajstić information content (AvgIpc) is 2.49. The molecular formula is C18H34O. The van der Waals surface area contributed by atoms with Crippen molar-refractivity contribution in [3.8, 4) is 0 Å². The lowest BCUT2D eigenvalue weighted by atomic mass is 9.80. The Labute approximate surface area is 120 Å². The Morgan fingerprint density at radius 3 is 1.42 bits per heavy atom. The summed E-state index contributed by atoms with van der Waals surface area (Å²) >= 11 is 0. The highest BCUT2D eigenvalue weighted by atomic mass is 16.5. The van der Waals surface area contributed by atoms with Crippen LogP contribution in [-0.2, 0) is 4.74 Å². The van der Waals surface area contributed by atoms with E-state index in [1.54, 1.807) is 0 Å². The van der Waals surface area contributed by atoms with Crippen molar-refractivity contribution in [1.82, 2.24) is 0 Å². The molecule has 2 saturated carbocycles. The summed E-state index contributed by atoms with van der Waals surface area (Å²) in [6, 6.07) is 0. The zero-order valence-corrected chi connectivity index (χ0v) is 13.2. The summed E-state index contributed by atoms with van der Waals surface area (Å²) in [5.74, 6) is 3.44. The summed E-state index contributed by atoms with van der Waals surface area (Å²) in [7, 11) is 0. The third-order valence-electron chi connectivity index (χ3n) is 5.67. The van der Waals surface area contributed by atoms with Crippen LogP contribution in [0, 0.1) is 23.7 Å². The molecule has 0 amide bonds. The minimum atomic E-state index is 0.777. The van der Waals surface area contributed by atoms with E-state index in [-0.39, 0.29) is 0 Å². The van der Waals surface area contributed by atoms with Crippen molar-refractivity contribution in [1.29, 1.82) is 0 Å². The fourth-order valence-electron chi connectivity index (χ4n) is 4.12. The normalized spacial score (nSPS) is 26.2. The molecule has 0 spiro atoms. The second kappa shape index (κ2) is 8.29. The van der Waals surface area contributed by atoms with Gasteiger partial charge in [-0.05, 0) is 23.7 Å². The van der Waals surface area contributed by atoms with E-state index in [2.05, 4.69) is 13.8 Å². The van der Waals surface area contributed by atoms with E-state index in [0.29, 0.717) is 0 Å². The fourth-order valence-corrected chi connectivity index (χ4v) is 4.12. The molecule has 19 heavy (non-hydrogen) atoms. The highest BCUT2D eigenvalue weighted by molar-refractivity contribution is 4.73. The third-order valence-corrected chi connectivity index (χ3v) is 5.67. The van der Waals surface area contributed by atoms with Gasteiger partial charge in [-0.25, -0.2) is 0 Å². The smallest absolute Gasteiger partial charge is 0.0494 e. The van der Waals surface area contributed by atoms with Gasteiger partial charge in [0.2, 0.25) is 0 Å². The minimum Gasteiger partial charge on any atom is -0.381 e. The highest BCUT2D eigenvalue weighted by Crippen LogP contribution is 2.31. The minimum absolute atomic E-state index is 0.777. The molecule has 112 valence electrons. The molecule has 0 radical (unpaired) electrons. The second-order valence-electron chi connectivity index (χ2n) is 7.29. The van der Waals surface area contributed by atoms with Crippen LogP contribution in [0.15, 0.2) is 0 Å². The molecule has 1 heteroatoms. The van der Waals surface area contributed by atoms with Gasteiger partial charge in [-0.2, -0.15) is 0 Å². The molecular weight excluding hydrogens is 232 g/mol. The molecule has 0 saturated heterocycles. The van der Waals surface area contributed by atoms with Crippen molar-refractivity contribution >= 4 is 0 Å². The first kappa shape index (κ1) is 15.4. The molecule has 0 aromatic heterocycles. The molecule has 2 rings (SSSR count). The Morgan fingerprint density at radius 1 is 0.684 bits per heavy atom. The molecule has 2 aliphatic rings. The Morgan fingerprint density at radius 2 is 1.05 bits per heavy atom. The van der Waals surface area contributed by atoms with E-state index in [9.17, 15) is 0 Å². The van der Waals surface area contributed by atoms with Gasteiger partial charge in [-0.3, -0.25) is 0 Å². The Balaban J connectivity index is 1.59. The van der Waals surface area contributed by atoms with Crippen LogP contribution in [0.3, 0.4) is 0 Å². The van der Waals surface area contributed by atoms with Crippen LogP contribution in [0.4, 0.5) is 0 Å². The van der Waals surface area contributed by atoms with E-state index < -0.39 is 0 Å². The van der Waals surface area contributed by atoms with Crippen molar-refractivity contribution in [3.05, 3.63) is 0 Å². The van der Waals surface area contributed by atoms with Gasteiger partial charge in [-0.1, -0.05) is 78.1 Å². The first-order valence-electron chi connectivity index (χ1n) is 8.85. The molecule has 0 N–H and O–H groups in total. The first-order chi connectivity index (χ1) is 9.27. The summed E-state index contributed by atoms with van der Waals surface area (Å²) in [4.78, 5) is 0. The molecule has 2 unspecified atom stereocenters. The highest BCUT2D eigenvalue weighted by Gasteiger charge is 2.22. The fraction of sp³-hybridized carbons (Fsp3) is 1.00. The van der Waals surface area contributed by atoms with Gasteiger partial charge in [0.1, 0.15) is 0 Å². The summed E-state index contributed by atoms with van der Waals surface area (Å²) in [5, 5.41) is 0. The van der Waals surface area contributed by atoms with Crippen LogP contribution in [-0.4, -0.2) is 13.2 Å². The first-order valence-corrected chi connectivity index (χ1v) is 8.85. The van der Waals surface area contributed by atoms with Crippen LogP contribution >= 0.6 is 0 Å². The van der Waals surface area contributed by atoms with E-state index in [4.69, 9.17) is 4.74 Å². The lowest BCUT2D eigenvalue weighted by molar-refractivity contribution is 0.0373. The SMILES string of the molecule is CC(COCC(C)C1CCCCC1)C1CCCCC1. The number of hydrogen-bond donors (Lipinski definition) is 0. The molecule has 2 fully saturated rings. The molecule has 0 aromatic rings. The molecule has 2 atom stereocenters.